The molecule has 5 heteroatoms. The first-order valence-electron chi connectivity index (χ1n) is 5.01. The van der Waals surface area contributed by atoms with Gasteiger partial charge in [-0.15, -0.1) is 0 Å². The Balaban J connectivity index is 2.13. The second-order valence-corrected chi connectivity index (χ2v) is 3.55. The molecule has 0 spiro atoms. The Kier molecular flexibility index (Phi) is 3.00. The Bertz CT molecular complexity index is 555. The maximum atomic E-state index is 10.5. The summed E-state index contributed by atoms with van der Waals surface area (Å²) in [5, 5.41) is 14.2. The minimum Gasteiger partial charge on any atom is -0.357 e. The van der Waals surface area contributed by atoms with Gasteiger partial charge in [-0.2, -0.15) is 0 Å². The molecule has 2 rings (SSSR count). The van der Waals surface area contributed by atoms with Crippen molar-refractivity contribution >= 4 is 17.8 Å². The zero-order chi connectivity index (χ0) is 12.3. The largest absolute Gasteiger partial charge is 0.357 e. The first kappa shape index (κ1) is 11.1. The Morgan fingerprint density at radius 3 is 2.53 bits per heavy atom. The first-order chi connectivity index (χ1) is 8.15. The van der Waals surface area contributed by atoms with E-state index in [1.54, 1.807) is 18.2 Å². The number of rotatable bonds is 3. The predicted octanol–water partition coefficient (Wildman–Crippen LogP) is 3.06. The van der Waals surface area contributed by atoms with E-state index in [9.17, 15) is 10.1 Å². The number of nitro groups is 1. The van der Waals surface area contributed by atoms with Gasteiger partial charge in [0.2, 0.25) is 0 Å². The molecule has 0 saturated heterocycles. The van der Waals surface area contributed by atoms with Crippen LogP contribution in [0, 0.1) is 17.0 Å². The van der Waals surface area contributed by atoms with Gasteiger partial charge < -0.3 is 4.52 Å². The van der Waals surface area contributed by atoms with Crippen LogP contribution >= 0.6 is 0 Å². The molecule has 0 saturated carbocycles. The van der Waals surface area contributed by atoms with E-state index >= 15 is 0 Å². The molecule has 86 valence electrons. The van der Waals surface area contributed by atoms with Crippen molar-refractivity contribution in [3.8, 4) is 0 Å². The molecule has 1 aromatic heterocycles. The summed E-state index contributed by atoms with van der Waals surface area (Å²) < 4.78 is 5.00. The molecule has 0 N–H and O–H groups in total. The summed E-state index contributed by atoms with van der Waals surface area (Å²) in [6, 6.07) is 8.09. The molecule has 1 aromatic carbocycles. The minimum atomic E-state index is -0.423. The Hall–Kier alpha value is -2.43. The lowest BCUT2D eigenvalue weighted by atomic mass is 10.2. The number of benzene rings is 1. The highest BCUT2D eigenvalue weighted by atomic mass is 16.6. The van der Waals surface area contributed by atoms with Crippen molar-refractivity contribution < 1.29 is 9.45 Å². The molecule has 2 aromatic rings. The highest BCUT2D eigenvalue weighted by Crippen LogP contribution is 2.14. The van der Waals surface area contributed by atoms with Gasteiger partial charge in [0.25, 0.3) is 5.69 Å². The van der Waals surface area contributed by atoms with Crippen LogP contribution < -0.4 is 0 Å². The van der Waals surface area contributed by atoms with Crippen LogP contribution in [-0.2, 0) is 0 Å². The summed E-state index contributed by atoms with van der Waals surface area (Å²) in [4.78, 5) is 10.0. The van der Waals surface area contributed by atoms with E-state index in [4.69, 9.17) is 4.52 Å². The maximum Gasteiger partial charge on any atom is 0.269 e. The van der Waals surface area contributed by atoms with E-state index < -0.39 is 4.92 Å². The van der Waals surface area contributed by atoms with Crippen molar-refractivity contribution in [3.63, 3.8) is 0 Å². The molecular formula is C12H10N2O3. The molecule has 1 heterocycles. The number of nitrogens with zero attached hydrogens (tertiary/aromatic N) is 2. The molecule has 0 unspecified atom stereocenters. The van der Waals surface area contributed by atoms with Gasteiger partial charge in [0, 0.05) is 18.2 Å². The topological polar surface area (TPSA) is 69.2 Å². The van der Waals surface area contributed by atoms with Crippen LogP contribution in [0.25, 0.3) is 12.2 Å². The van der Waals surface area contributed by atoms with Gasteiger partial charge in [0.15, 0.2) is 5.76 Å². The molecular weight excluding hydrogens is 220 g/mol. The van der Waals surface area contributed by atoms with Gasteiger partial charge in [-0.05, 0) is 30.7 Å². The van der Waals surface area contributed by atoms with E-state index in [2.05, 4.69) is 5.16 Å². The lowest BCUT2D eigenvalue weighted by molar-refractivity contribution is -0.384. The first-order valence-corrected chi connectivity index (χ1v) is 5.01. The third-order valence-corrected chi connectivity index (χ3v) is 2.19. The van der Waals surface area contributed by atoms with Crippen LogP contribution in [0.3, 0.4) is 0 Å². The highest BCUT2D eigenvalue weighted by Gasteiger charge is 2.02. The molecule has 0 atom stereocenters. The van der Waals surface area contributed by atoms with E-state index in [0.29, 0.717) is 5.76 Å². The lowest BCUT2D eigenvalue weighted by Gasteiger charge is -1.92. The zero-order valence-corrected chi connectivity index (χ0v) is 9.16. The normalized spacial score (nSPS) is 10.9. The summed E-state index contributed by atoms with van der Waals surface area (Å²) in [5.41, 5.74) is 1.76. The van der Waals surface area contributed by atoms with Crippen molar-refractivity contribution in [3.05, 3.63) is 57.5 Å². The Morgan fingerprint density at radius 1 is 1.29 bits per heavy atom. The molecule has 0 aliphatic carbocycles. The monoisotopic (exact) mass is 230 g/mol. The summed E-state index contributed by atoms with van der Waals surface area (Å²) in [6.07, 6.45) is 3.57. The zero-order valence-electron chi connectivity index (χ0n) is 9.16. The summed E-state index contributed by atoms with van der Waals surface area (Å²) >= 11 is 0. The number of aryl methyl sites for hydroxylation is 1. The quantitative estimate of drug-likeness (QED) is 0.600. The number of aromatic nitrogens is 1. The average Bonchev–Trinajstić information content (AvgIpc) is 2.73. The molecule has 0 aliphatic rings. The van der Waals surface area contributed by atoms with Crippen LogP contribution in [-0.4, -0.2) is 10.1 Å². The van der Waals surface area contributed by atoms with Crippen molar-refractivity contribution in [1.82, 2.24) is 5.16 Å². The third kappa shape index (κ3) is 2.78. The smallest absolute Gasteiger partial charge is 0.269 e. The van der Waals surface area contributed by atoms with E-state index in [-0.39, 0.29) is 5.69 Å². The number of nitro benzene ring substituents is 1. The average molecular weight is 230 g/mol. The molecule has 0 amide bonds. The minimum absolute atomic E-state index is 0.0812. The van der Waals surface area contributed by atoms with Gasteiger partial charge in [0.1, 0.15) is 0 Å². The second-order valence-electron chi connectivity index (χ2n) is 3.55. The van der Waals surface area contributed by atoms with Crippen molar-refractivity contribution in [1.29, 1.82) is 0 Å². The Labute approximate surface area is 97.5 Å². The summed E-state index contributed by atoms with van der Waals surface area (Å²) in [7, 11) is 0. The SMILES string of the molecule is Cc1cc(C=Cc2ccc([N+](=O)[O-])cc2)on1. The summed E-state index contributed by atoms with van der Waals surface area (Å²) in [5.74, 6) is 0.654. The number of hydrogen-bond donors (Lipinski definition) is 0. The van der Waals surface area contributed by atoms with E-state index in [1.165, 1.54) is 12.1 Å². The van der Waals surface area contributed by atoms with Crippen LogP contribution in [0.15, 0.2) is 34.9 Å². The molecule has 0 radical (unpaired) electrons. The van der Waals surface area contributed by atoms with Crippen molar-refractivity contribution in [2.24, 2.45) is 0 Å². The third-order valence-electron chi connectivity index (χ3n) is 2.19. The second kappa shape index (κ2) is 4.61. The number of non-ortho nitro benzene ring substituents is 1. The summed E-state index contributed by atoms with van der Waals surface area (Å²) in [6.45, 7) is 1.84. The van der Waals surface area contributed by atoms with Gasteiger partial charge in [-0.1, -0.05) is 11.2 Å². The maximum absolute atomic E-state index is 10.5. The van der Waals surface area contributed by atoms with Gasteiger partial charge in [-0.3, -0.25) is 10.1 Å². The van der Waals surface area contributed by atoms with Crippen LogP contribution in [0.1, 0.15) is 17.0 Å². The van der Waals surface area contributed by atoms with E-state index in [1.807, 2.05) is 19.1 Å². The highest BCUT2D eigenvalue weighted by molar-refractivity contribution is 5.67. The predicted molar refractivity (Wildman–Crippen MR) is 63.3 cm³/mol. The lowest BCUT2D eigenvalue weighted by Crippen LogP contribution is -1.86. The van der Waals surface area contributed by atoms with E-state index in [0.717, 1.165) is 11.3 Å². The van der Waals surface area contributed by atoms with Crippen LogP contribution in [0.2, 0.25) is 0 Å². The van der Waals surface area contributed by atoms with Gasteiger partial charge in [0.05, 0.1) is 10.6 Å². The van der Waals surface area contributed by atoms with Crippen molar-refractivity contribution in [2.45, 2.75) is 6.92 Å². The number of hydrogen-bond acceptors (Lipinski definition) is 4. The standard InChI is InChI=1S/C12H10N2O3/c1-9-8-12(17-13-9)7-4-10-2-5-11(6-3-10)14(15)16/h2-8H,1H3. The molecule has 17 heavy (non-hydrogen) atoms. The van der Waals surface area contributed by atoms with Crippen molar-refractivity contribution in [2.75, 3.05) is 0 Å². The van der Waals surface area contributed by atoms with Crippen LogP contribution in [0.4, 0.5) is 5.69 Å². The molecule has 0 fully saturated rings. The fraction of sp³-hybridized carbons (Fsp3) is 0.0833. The Morgan fingerprint density at radius 2 is 2.00 bits per heavy atom. The fourth-order valence-corrected chi connectivity index (χ4v) is 1.35. The molecule has 0 aliphatic heterocycles. The van der Waals surface area contributed by atoms with Gasteiger partial charge in [-0.25, -0.2) is 0 Å². The molecule has 0 bridgehead atoms. The fourth-order valence-electron chi connectivity index (χ4n) is 1.35. The van der Waals surface area contributed by atoms with Gasteiger partial charge >= 0.3 is 0 Å². The molecule has 5 nitrogen and oxygen atoms in total. The van der Waals surface area contributed by atoms with Crippen LogP contribution in [0.5, 0.6) is 0 Å².